The van der Waals surface area contributed by atoms with E-state index in [9.17, 15) is 0 Å². The molecule has 0 aliphatic heterocycles. The first kappa shape index (κ1) is 17.1. The van der Waals surface area contributed by atoms with Crippen LogP contribution in [-0.2, 0) is 0 Å². The van der Waals surface area contributed by atoms with Crippen molar-refractivity contribution < 1.29 is 0 Å². The third kappa shape index (κ3) is 3.35. The zero-order chi connectivity index (χ0) is 17.3. The molecule has 4 N–H and O–H groups in total. The molecule has 0 fully saturated rings. The molecular weight excluding hydrogens is 428 g/mol. The van der Waals surface area contributed by atoms with E-state index in [1.807, 2.05) is 24.3 Å². The molecule has 0 saturated heterocycles. The third-order valence-corrected chi connectivity index (χ3v) is 5.54. The van der Waals surface area contributed by atoms with E-state index in [0.29, 0.717) is 0 Å². The summed E-state index contributed by atoms with van der Waals surface area (Å²) in [4.78, 5) is 0. The van der Waals surface area contributed by atoms with Crippen molar-refractivity contribution in [1.82, 2.24) is 0 Å². The maximum Gasteiger partial charge on any atom is 0.0364 e. The molecule has 0 saturated carbocycles. The topological polar surface area (TPSA) is 52.0 Å². The number of rotatable bonds is 3. The fourth-order valence-electron chi connectivity index (χ4n) is 2.97. The number of benzene rings is 3. The molecule has 3 aromatic rings. The van der Waals surface area contributed by atoms with E-state index in [-0.39, 0.29) is 5.92 Å². The summed E-state index contributed by atoms with van der Waals surface area (Å²) in [5.74, 6) is 0.0798. The lowest BCUT2D eigenvalue weighted by Gasteiger charge is -2.23. The van der Waals surface area contributed by atoms with Crippen molar-refractivity contribution in [3.63, 3.8) is 0 Å². The van der Waals surface area contributed by atoms with Gasteiger partial charge in [0.2, 0.25) is 0 Å². The molecule has 0 atom stereocenters. The van der Waals surface area contributed by atoms with E-state index in [0.717, 1.165) is 20.3 Å². The monoisotopic (exact) mass is 444 g/mol. The lowest BCUT2D eigenvalue weighted by molar-refractivity contribution is 0.950. The second kappa shape index (κ2) is 6.99. The Hall–Kier alpha value is -1.78. The van der Waals surface area contributed by atoms with Crippen LogP contribution in [0.5, 0.6) is 0 Å². The van der Waals surface area contributed by atoms with Gasteiger partial charge in [-0.15, -0.1) is 0 Å². The van der Waals surface area contributed by atoms with Crippen molar-refractivity contribution in [2.45, 2.75) is 12.8 Å². The number of aryl methyl sites for hydroxylation is 1. The molecule has 122 valence electrons. The normalized spacial score (nSPS) is 11.0. The summed E-state index contributed by atoms with van der Waals surface area (Å²) >= 11 is 7.37. The molecule has 2 nitrogen and oxygen atoms in total. The Kier molecular flexibility index (Phi) is 4.97. The van der Waals surface area contributed by atoms with Gasteiger partial charge in [0, 0.05) is 26.2 Å². The molecule has 0 bridgehead atoms. The summed E-state index contributed by atoms with van der Waals surface area (Å²) in [7, 11) is 0. The van der Waals surface area contributed by atoms with Gasteiger partial charge in [-0.1, -0.05) is 68.3 Å². The van der Waals surface area contributed by atoms with Crippen molar-refractivity contribution in [1.29, 1.82) is 0 Å². The molecular formula is C20H18Br2N2. The molecule has 0 radical (unpaired) electrons. The van der Waals surface area contributed by atoms with Gasteiger partial charge >= 0.3 is 0 Å². The summed E-state index contributed by atoms with van der Waals surface area (Å²) in [6.45, 7) is 2.14. The van der Waals surface area contributed by atoms with Crippen LogP contribution in [0.2, 0.25) is 0 Å². The van der Waals surface area contributed by atoms with Crippen LogP contribution >= 0.6 is 31.9 Å². The molecule has 0 amide bonds. The number of anilines is 2. The zero-order valence-electron chi connectivity index (χ0n) is 13.3. The third-order valence-electron chi connectivity index (χ3n) is 4.17. The number of halogens is 2. The quantitative estimate of drug-likeness (QED) is 0.391. The Balaban J connectivity index is 2.27. The minimum Gasteiger partial charge on any atom is -0.399 e. The summed E-state index contributed by atoms with van der Waals surface area (Å²) in [5.41, 5.74) is 18.2. The van der Waals surface area contributed by atoms with Crippen molar-refractivity contribution in [2.75, 3.05) is 11.5 Å². The van der Waals surface area contributed by atoms with E-state index in [4.69, 9.17) is 11.5 Å². The predicted octanol–water partition coefficient (Wildman–Crippen LogP) is 5.86. The second-order valence-corrected chi connectivity index (χ2v) is 7.56. The number of hydrogen-bond donors (Lipinski definition) is 2. The SMILES string of the molecule is Cc1ccccc1C(c1ccc(N)cc1Br)c1ccc(N)cc1Br. The first-order valence-electron chi connectivity index (χ1n) is 7.62. The van der Waals surface area contributed by atoms with Gasteiger partial charge in [0.05, 0.1) is 0 Å². The highest BCUT2D eigenvalue weighted by molar-refractivity contribution is 9.10. The predicted molar refractivity (Wildman–Crippen MR) is 109 cm³/mol. The highest BCUT2D eigenvalue weighted by Gasteiger charge is 2.22. The highest BCUT2D eigenvalue weighted by atomic mass is 79.9. The molecule has 3 rings (SSSR count). The number of hydrogen-bond acceptors (Lipinski definition) is 2. The van der Waals surface area contributed by atoms with Crippen LogP contribution in [-0.4, -0.2) is 0 Å². The van der Waals surface area contributed by atoms with E-state index in [1.165, 1.54) is 22.3 Å². The standard InChI is InChI=1S/C20H18Br2N2/c1-12-4-2-3-5-15(12)20(16-8-6-13(23)10-18(16)21)17-9-7-14(24)11-19(17)22/h2-11,20H,23-24H2,1H3. The first-order chi connectivity index (χ1) is 11.5. The smallest absolute Gasteiger partial charge is 0.0364 e. The number of nitrogen functional groups attached to an aromatic ring is 2. The van der Waals surface area contributed by atoms with Crippen LogP contribution in [0, 0.1) is 6.92 Å². The largest absolute Gasteiger partial charge is 0.399 e. The first-order valence-corrected chi connectivity index (χ1v) is 9.21. The fraction of sp³-hybridized carbons (Fsp3) is 0.100. The molecule has 3 aromatic carbocycles. The average Bonchev–Trinajstić information content (AvgIpc) is 2.52. The highest BCUT2D eigenvalue weighted by Crippen LogP contribution is 2.41. The van der Waals surface area contributed by atoms with E-state index < -0.39 is 0 Å². The maximum atomic E-state index is 5.93. The molecule has 0 aliphatic rings. The Morgan fingerprint density at radius 3 is 1.67 bits per heavy atom. The minimum absolute atomic E-state index is 0.0798. The lowest BCUT2D eigenvalue weighted by Crippen LogP contribution is -2.07. The van der Waals surface area contributed by atoms with Gasteiger partial charge in [0.25, 0.3) is 0 Å². The Labute approximate surface area is 159 Å². The Morgan fingerprint density at radius 1 is 0.708 bits per heavy atom. The van der Waals surface area contributed by atoms with Gasteiger partial charge in [0.15, 0.2) is 0 Å². The average molecular weight is 446 g/mol. The Morgan fingerprint density at radius 2 is 1.21 bits per heavy atom. The molecule has 4 heteroatoms. The van der Waals surface area contributed by atoms with Crippen molar-refractivity contribution in [3.8, 4) is 0 Å². The molecule has 0 aromatic heterocycles. The van der Waals surface area contributed by atoms with Crippen LogP contribution in [0.1, 0.15) is 28.2 Å². The van der Waals surface area contributed by atoms with Gasteiger partial charge in [-0.2, -0.15) is 0 Å². The summed E-state index contributed by atoms with van der Waals surface area (Å²) in [6, 6.07) is 20.4. The lowest BCUT2D eigenvalue weighted by atomic mass is 9.83. The van der Waals surface area contributed by atoms with Crippen LogP contribution in [0.25, 0.3) is 0 Å². The van der Waals surface area contributed by atoms with Crippen molar-refractivity contribution in [2.24, 2.45) is 0 Å². The van der Waals surface area contributed by atoms with Crippen molar-refractivity contribution in [3.05, 3.63) is 91.9 Å². The maximum absolute atomic E-state index is 5.93. The molecule has 0 spiro atoms. The molecule has 24 heavy (non-hydrogen) atoms. The summed E-state index contributed by atoms with van der Waals surface area (Å²) < 4.78 is 2.00. The van der Waals surface area contributed by atoms with Gasteiger partial charge in [-0.3, -0.25) is 0 Å². The van der Waals surface area contributed by atoms with Gasteiger partial charge in [-0.05, 0) is 53.4 Å². The van der Waals surface area contributed by atoms with Crippen LogP contribution in [0.15, 0.2) is 69.6 Å². The van der Waals surface area contributed by atoms with E-state index in [2.05, 4.69) is 75.2 Å². The van der Waals surface area contributed by atoms with Crippen LogP contribution in [0.3, 0.4) is 0 Å². The van der Waals surface area contributed by atoms with E-state index >= 15 is 0 Å². The van der Waals surface area contributed by atoms with Crippen LogP contribution < -0.4 is 11.5 Å². The zero-order valence-corrected chi connectivity index (χ0v) is 16.4. The van der Waals surface area contributed by atoms with Gasteiger partial charge in [0.1, 0.15) is 0 Å². The van der Waals surface area contributed by atoms with Gasteiger partial charge < -0.3 is 11.5 Å². The van der Waals surface area contributed by atoms with E-state index in [1.54, 1.807) is 0 Å². The summed E-state index contributed by atoms with van der Waals surface area (Å²) in [5, 5.41) is 0. The molecule has 0 aliphatic carbocycles. The Bertz CT molecular complexity index is 839. The second-order valence-electron chi connectivity index (χ2n) is 5.85. The molecule has 0 heterocycles. The summed E-state index contributed by atoms with van der Waals surface area (Å²) in [6.07, 6.45) is 0. The molecule has 0 unspecified atom stereocenters. The van der Waals surface area contributed by atoms with Crippen molar-refractivity contribution >= 4 is 43.2 Å². The minimum atomic E-state index is 0.0798. The number of nitrogens with two attached hydrogens (primary N) is 2. The fourth-order valence-corrected chi connectivity index (χ4v) is 4.22. The van der Waals surface area contributed by atoms with Gasteiger partial charge in [-0.25, -0.2) is 0 Å². The van der Waals surface area contributed by atoms with Crippen LogP contribution in [0.4, 0.5) is 11.4 Å².